The number of fused-ring (bicyclic) bond motifs is 1. The zero-order valence-corrected chi connectivity index (χ0v) is 13.6. The van der Waals surface area contributed by atoms with Crippen molar-refractivity contribution in [2.75, 3.05) is 12.3 Å². The number of nitrogen functional groups attached to an aromatic ring is 1. The fourth-order valence-corrected chi connectivity index (χ4v) is 2.74. The highest BCUT2D eigenvalue weighted by Crippen LogP contribution is 2.36. The van der Waals surface area contributed by atoms with Crippen molar-refractivity contribution < 1.29 is 14.5 Å². The lowest BCUT2D eigenvalue weighted by Crippen LogP contribution is -2.07. The highest BCUT2D eigenvalue weighted by molar-refractivity contribution is 6.06. The molecule has 128 valence electrons. The Balaban J connectivity index is 2.33. The number of ether oxygens (including phenoxy) is 1. The van der Waals surface area contributed by atoms with Gasteiger partial charge >= 0.3 is 5.97 Å². The van der Waals surface area contributed by atoms with E-state index in [-0.39, 0.29) is 18.1 Å². The Morgan fingerprint density at radius 1 is 1.36 bits per heavy atom. The van der Waals surface area contributed by atoms with E-state index >= 15 is 0 Å². The molecule has 0 saturated heterocycles. The molecule has 3 aromatic rings. The fraction of sp³-hybridized carbons (Fsp3) is 0.188. The first-order chi connectivity index (χ1) is 12.0. The second-order valence-corrected chi connectivity index (χ2v) is 5.27. The molecule has 0 spiro atoms. The second-order valence-electron chi connectivity index (χ2n) is 5.27. The molecule has 9 nitrogen and oxygen atoms in total. The lowest BCUT2D eigenvalue weighted by molar-refractivity contribution is -0.384. The first-order valence-corrected chi connectivity index (χ1v) is 7.49. The predicted octanol–water partition coefficient (Wildman–Crippen LogP) is 2.37. The van der Waals surface area contributed by atoms with Crippen molar-refractivity contribution >= 4 is 23.0 Å². The highest BCUT2D eigenvalue weighted by atomic mass is 16.6. The smallest absolute Gasteiger partial charge is 0.340 e. The number of aryl methyl sites for hydroxylation is 1. The Kier molecular flexibility index (Phi) is 4.05. The molecule has 0 aliphatic rings. The molecule has 0 radical (unpaired) electrons. The summed E-state index contributed by atoms with van der Waals surface area (Å²) in [4.78, 5) is 26.8. The van der Waals surface area contributed by atoms with Gasteiger partial charge in [0.1, 0.15) is 11.8 Å². The summed E-state index contributed by atoms with van der Waals surface area (Å²) >= 11 is 0. The van der Waals surface area contributed by atoms with E-state index in [1.54, 1.807) is 26.0 Å². The molecule has 2 N–H and O–H groups in total. The number of aromatic nitrogens is 3. The Morgan fingerprint density at radius 3 is 2.64 bits per heavy atom. The van der Waals surface area contributed by atoms with Crippen LogP contribution in [-0.4, -0.2) is 32.1 Å². The van der Waals surface area contributed by atoms with Crippen LogP contribution in [0.3, 0.4) is 0 Å². The van der Waals surface area contributed by atoms with Crippen LogP contribution in [0.2, 0.25) is 0 Å². The lowest BCUT2D eigenvalue weighted by atomic mass is 10.0. The number of rotatable bonds is 4. The summed E-state index contributed by atoms with van der Waals surface area (Å²) in [6.07, 6.45) is 1.30. The van der Waals surface area contributed by atoms with Crippen molar-refractivity contribution in [3.05, 3.63) is 52.0 Å². The van der Waals surface area contributed by atoms with Gasteiger partial charge in [0.25, 0.3) is 5.69 Å². The van der Waals surface area contributed by atoms with Crippen LogP contribution in [0.4, 0.5) is 11.5 Å². The summed E-state index contributed by atoms with van der Waals surface area (Å²) in [5.41, 5.74) is 8.34. The van der Waals surface area contributed by atoms with Gasteiger partial charge in [0.15, 0.2) is 5.82 Å². The van der Waals surface area contributed by atoms with Crippen LogP contribution in [0.5, 0.6) is 0 Å². The van der Waals surface area contributed by atoms with E-state index in [0.717, 1.165) is 0 Å². The monoisotopic (exact) mass is 341 g/mol. The zero-order chi connectivity index (χ0) is 18.1. The van der Waals surface area contributed by atoms with Crippen molar-refractivity contribution in [2.24, 2.45) is 0 Å². The molecule has 0 atom stereocenters. The van der Waals surface area contributed by atoms with Gasteiger partial charge in [-0.3, -0.25) is 10.1 Å². The molecule has 0 aliphatic carbocycles. The average Bonchev–Trinajstić information content (AvgIpc) is 2.89. The van der Waals surface area contributed by atoms with E-state index < -0.39 is 10.9 Å². The third-order valence-electron chi connectivity index (χ3n) is 3.83. The number of benzene rings is 1. The number of nitrogens with zero attached hydrogens (tertiary/aromatic N) is 4. The number of hydrogen-bond acceptors (Lipinski definition) is 7. The van der Waals surface area contributed by atoms with Gasteiger partial charge in [0, 0.05) is 17.7 Å². The van der Waals surface area contributed by atoms with Crippen molar-refractivity contribution in [1.82, 2.24) is 14.6 Å². The zero-order valence-electron chi connectivity index (χ0n) is 13.6. The molecule has 0 saturated carbocycles. The van der Waals surface area contributed by atoms with Crippen molar-refractivity contribution in [2.45, 2.75) is 13.8 Å². The molecule has 0 aliphatic heterocycles. The molecule has 0 unspecified atom stereocenters. The number of nitro groups is 1. The van der Waals surface area contributed by atoms with Gasteiger partial charge in [-0.15, -0.1) is 0 Å². The molecule has 1 aromatic carbocycles. The molecule has 0 amide bonds. The topological polar surface area (TPSA) is 126 Å². The minimum atomic E-state index is -0.516. The van der Waals surface area contributed by atoms with Crippen LogP contribution in [0.15, 0.2) is 30.6 Å². The summed E-state index contributed by atoms with van der Waals surface area (Å²) < 4.78 is 6.67. The van der Waals surface area contributed by atoms with Crippen LogP contribution < -0.4 is 5.73 Å². The number of nitrogens with two attached hydrogens (primary N) is 1. The van der Waals surface area contributed by atoms with Crippen LogP contribution in [-0.2, 0) is 4.74 Å². The van der Waals surface area contributed by atoms with E-state index in [0.29, 0.717) is 27.9 Å². The van der Waals surface area contributed by atoms with E-state index in [1.807, 2.05) is 0 Å². The number of nitro benzene ring substituents is 1. The summed E-state index contributed by atoms with van der Waals surface area (Å²) in [6, 6.07) is 5.84. The molecule has 2 heterocycles. The SMILES string of the molecule is CCOC(=O)c1c(-c2ccc([N+](=O)[O-])cc2)c2c(N)ncnn2c1C. The average molecular weight is 341 g/mol. The molecule has 9 heteroatoms. The van der Waals surface area contributed by atoms with Crippen LogP contribution in [0.25, 0.3) is 16.6 Å². The maximum absolute atomic E-state index is 12.5. The molecular weight excluding hydrogens is 326 g/mol. The summed E-state index contributed by atoms with van der Waals surface area (Å²) in [6.45, 7) is 3.65. The van der Waals surface area contributed by atoms with Crippen molar-refractivity contribution in [3.8, 4) is 11.1 Å². The van der Waals surface area contributed by atoms with Gasteiger partial charge in [-0.1, -0.05) is 0 Å². The first kappa shape index (κ1) is 16.4. The fourth-order valence-electron chi connectivity index (χ4n) is 2.74. The Hall–Kier alpha value is -3.49. The van der Waals surface area contributed by atoms with Gasteiger partial charge in [-0.2, -0.15) is 5.10 Å². The number of hydrogen-bond donors (Lipinski definition) is 1. The first-order valence-electron chi connectivity index (χ1n) is 7.49. The minimum absolute atomic E-state index is 0.0501. The lowest BCUT2D eigenvalue weighted by Gasteiger charge is -2.06. The summed E-state index contributed by atoms with van der Waals surface area (Å²) in [5, 5.41) is 15.0. The number of non-ortho nitro benzene ring substituents is 1. The van der Waals surface area contributed by atoms with E-state index in [1.165, 1.54) is 23.0 Å². The summed E-state index contributed by atoms with van der Waals surface area (Å²) in [5.74, 6) is -0.319. The number of anilines is 1. The Morgan fingerprint density at radius 2 is 2.04 bits per heavy atom. The number of carbonyl (C=O) groups is 1. The molecular formula is C16H15N5O4. The van der Waals surface area contributed by atoms with Crippen LogP contribution >= 0.6 is 0 Å². The Bertz CT molecular complexity index is 978. The maximum Gasteiger partial charge on any atom is 0.340 e. The normalized spacial score (nSPS) is 10.8. The molecule has 3 rings (SSSR count). The van der Waals surface area contributed by atoms with Gasteiger partial charge in [-0.25, -0.2) is 14.3 Å². The Labute approximate surface area is 142 Å². The highest BCUT2D eigenvalue weighted by Gasteiger charge is 2.26. The third kappa shape index (κ3) is 2.65. The summed E-state index contributed by atoms with van der Waals surface area (Å²) in [7, 11) is 0. The van der Waals surface area contributed by atoms with Crippen molar-refractivity contribution in [3.63, 3.8) is 0 Å². The predicted molar refractivity (Wildman–Crippen MR) is 90.2 cm³/mol. The molecule has 25 heavy (non-hydrogen) atoms. The van der Waals surface area contributed by atoms with E-state index in [4.69, 9.17) is 10.5 Å². The molecule has 2 aromatic heterocycles. The van der Waals surface area contributed by atoms with Crippen LogP contribution in [0, 0.1) is 17.0 Å². The molecule has 0 bridgehead atoms. The van der Waals surface area contributed by atoms with Gasteiger partial charge in [0.05, 0.1) is 22.8 Å². The third-order valence-corrected chi connectivity index (χ3v) is 3.83. The minimum Gasteiger partial charge on any atom is -0.462 e. The van der Waals surface area contributed by atoms with Gasteiger partial charge in [-0.05, 0) is 31.5 Å². The largest absolute Gasteiger partial charge is 0.462 e. The number of esters is 1. The maximum atomic E-state index is 12.5. The second kappa shape index (κ2) is 6.19. The number of carbonyl (C=O) groups excluding carboxylic acids is 1. The van der Waals surface area contributed by atoms with Crippen molar-refractivity contribution in [1.29, 1.82) is 0 Å². The van der Waals surface area contributed by atoms with E-state index in [2.05, 4.69) is 10.1 Å². The quantitative estimate of drug-likeness (QED) is 0.438. The van der Waals surface area contributed by atoms with E-state index in [9.17, 15) is 14.9 Å². The molecule has 0 fully saturated rings. The standard InChI is InChI=1S/C16H15N5O4/c1-3-25-16(22)12-9(2)20-14(15(17)18-8-19-20)13(12)10-4-6-11(7-5-10)21(23)24/h4-8H,3H2,1-2H3,(H2,17,18,19). The van der Waals surface area contributed by atoms with Crippen LogP contribution in [0.1, 0.15) is 23.0 Å². The van der Waals surface area contributed by atoms with Gasteiger partial charge in [0.2, 0.25) is 0 Å². The van der Waals surface area contributed by atoms with Gasteiger partial charge < -0.3 is 10.5 Å².